The smallest absolute Gasteiger partial charge is 0.168 e. The molecule has 0 saturated heterocycles. The average Bonchev–Trinajstić information content (AvgIpc) is 2.02. The van der Waals surface area contributed by atoms with E-state index >= 15 is 0 Å². The van der Waals surface area contributed by atoms with Gasteiger partial charge in [0, 0.05) is 5.92 Å². The lowest BCUT2D eigenvalue weighted by atomic mass is 9.91. The van der Waals surface area contributed by atoms with Crippen LogP contribution < -0.4 is 0 Å². The molecule has 0 heterocycles. The molecule has 0 aromatic carbocycles. The summed E-state index contributed by atoms with van der Waals surface area (Å²) in [6.45, 7) is 7.59. The van der Waals surface area contributed by atoms with Gasteiger partial charge in [-0.2, -0.15) is 0 Å². The lowest BCUT2D eigenvalue weighted by Crippen LogP contribution is -2.27. The van der Waals surface area contributed by atoms with Crippen molar-refractivity contribution in [2.45, 2.75) is 33.8 Å². The molecular formula is C10H18O2. The summed E-state index contributed by atoms with van der Waals surface area (Å²) in [5.74, 6) is 0.122. The largest absolute Gasteiger partial charge is 0.381 e. The van der Waals surface area contributed by atoms with Crippen LogP contribution in [0.15, 0.2) is 12.2 Å². The molecule has 0 rings (SSSR count). The van der Waals surface area contributed by atoms with Gasteiger partial charge in [-0.3, -0.25) is 4.79 Å². The lowest BCUT2D eigenvalue weighted by Gasteiger charge is -2.15. The second kappa shape index (κ2) is 5.09. The fourth-order valence-corrected chi connectivity index (χ4v) is 0.875. The Morgan fingerprint density at radius 2 is 1.83 bits per heavy atom. The Morgan fingerprint density at radius 3 is 2.17 bits per heavy atom. The van der Waals surface area contributed by atoms with E-state index in [0.717, 1.165) is 0 Å². The number of carbonyl (C=O) groups excluding carboxylic acids is 1. The zero-order valence-electron chi connectivity index (χ0n) is 8.24. The maximum absolute atomic E-state index is 11.4. The third-order valence-corrected chi connectivity index (χ3v) is 2.12. The number of Topliss-reactive ketones (excluding diaryl/α,β-unsaturated/α-hetero) is 1. The van der Waals surface area contributed by atoms with Crippen LogP contribution in [-0.2, 0) is 4.79 Å². The zero-order valence-corrected chi connectivity index (χ0v) is 8.24. The van der Waals surface area contributed by atoms with E-state index in [-0.39, 0.29) is 17.6 Å². The number of aliphatic hydroxyl groups excluding tert-OH is 1. The Labute approximate surface area is 74.3 Å². The first kappa shape index (κ1) is 11.4. The van der Waals surface area contributed by atoms with Crippen molar-refractivity contribution in [3.8, 4) is 0 Å². The van der Waals surface area contributed by atoms with E-state index in [9.17, 15) is 9.90 Å². The molecule has 0 radical (unpaired) electrons. The summed E-state index contributed by atoms with van der Waals surface area (Å²) in [6.07, 6.45) is 2.28. The summed E-state index contributed by atoms with van der Waals surface area (Å²) < 4.78 is 0. The second-order valence-corrected chi connectivity index (χ2v) is 3.41. The average molecular weight is 170 g/mol. The molecule has 0 fully saturated rings. The fraction of sp³-hybridized carbons (Fsp3) is 0.700. The topological polar surface area (TPSA) is 37.3 Å². The zero-order chi connectivity index (χ0) is 9.72. The summed E-state index contributed by atoms with van der Waals surface area (Å²) in [6, 6.07) is 0. The molecule has 70 valence electrons. The highest BCUT2D eigenvalue weighted by molar-refractivity contribution is 5.86. The van der Waals surface area contributed by atoms with Crippen LogP contribution in [0.25, 0.3) is 0 Å². The number of allylic oxidation sites excluding steroid dienone is 1. The Kier molecular flexibility index (Phi) is 4.83. The number of carbonyl (C=O) groups is 1. The maximum Gasteiger partial charge on any atom is 0.168 e. The van der Waals surface area contributed by atoms with Crippen molar-refractivity contribution in [3.63, 3.8) is 0 Å². The summed E-state index contributed by atoms with van der Waals surface area (Å²) >= 11 is 0. The third kappa shape index (κ3) is 3.18. The van der Waals surface area contributed by atoms with Gasteiger partial charge in [0.1, 0.15) is 6.10 Å². The second-order valence-electron chi connectivity index (χ2n) is 3.41. The van der Waals surface area contributed by atoms with E-state index in [2.05, 4.69) is 0 Å². The van der Waals surface area contributed by atoms with Crippen LogP contribution in [0.4, 0.5) is 0 Å². The van der Waals surface area contributed by atoms with E-state index < -0.39 is 6.10 Å². The van der Waals surface area contributed by atoms with Gasteiger partial charge in [0.25, 0.3) is 0 Å². The van der Waals surface area contributed by atoms with E-state index in [4.69, 9.17) is 0 Å². The predicted molar refractivity (Wildman–Crippen MR) is 49.8 cm³/mol. The molecule has 1 N–H and O–H groups in total. The number of ketones is 1. The van der Waals surface area contributed by atoms with Gasteiger partial charge in [0.15, 0.2) is 5.78 Å². The normalized spacial score (nSPS) is 16.8. The van der Waals surface area contributed by atoms with E-state index in [1.54, 1.807) is 13.0 Å². The molecule has 0 aliphatic rings. The van der Waals surface area contributed by atoms with Crippen molar-refractivity contribution in [3.05, 3.63) is 12.2 Å². The molecule has 0 bridgehead atoms. The van der Waals surface area contributed by atoms with Crippen LogP contribution in [0.3, 0.4) is 0 Å². The van der Waals surface area contributed by atoms with Gasteiger partial charge >= 0.3 is 0 Å². The van der Waals surface area contributed by atoms with E-state index in [0.29, 0.717) is 0 Å². The highest BCUT2D eigenvalue weighted by Crippen LogP contribution is 2.13. The monoisotopic (exact) mass is 170 g/mol. The molecule has 2 heteroatoms. The Hall–Kier alpha value is -0.630. The van der Waals surface area contributed by atoms with Crippen molar-refractivity contribution in [1.82, 2.24) is 0 Å². The highest BCUT2D eigenvalue weighted by atomic mass is 16.3. The minimum absolute atomic E-state index is 0.0730. The van der Waals surface area contributed by atoms with Gasteiger partial charge in [-0.15, -0.1) is 0 Å². The van der Waals surface area contributed by atoms with Crippen molar-refractivity contribution in [2.24, 2.45) is 11.8 Å². The lowest BCUT2D eigenvalue weighted by molar-refractivity contribution is -0.129. The first-order chi connectivity index (χ1) is 5.50. The maximum atomic E-state index is 11.4. The van der Waals surface area contributed by atoms with Gasteiger partial charge in [-0.1, -0.05) is 32.9 Å². The molecule has 2 nitrogen and oxygen atoms in total. The van der Waals surface area contributed by atoms with Gasteiger partial charge in [0.05, 0.1) is 0 Å². The molecule has 0 amide bonds. The molecule has 2 atom stereocenters. The van der Waals surface area contributed by atoms with Crippen LogP contribution in [-0.4, -0.2) is 17.0 Å². The van der Waals surface area contributed by atoms with E-state index in [1.165, 1.54) is 6.08 Å². The predicted octanol–water partition coefficient (Wildman–Crippen LogP) is 1.78. The summed E-state index contributed by atoms with van der Waals surface area (Å²) in [7, 11) is 0. The first-order valence-corrected chi connectivity index (χ1v) is 4.35. The number of rotatable bonds is 4. The standard InChI is InChI=1S/C10H18O2/c1-5-6-9(11)10(12)8(4)7(2)3/h5-9,11H,1-4H3. The van der Waals surface area contributed by atoms with Crippen molar-refractivity contribution >= 4 is 5.78 Å². The number of hydrogen-bond donors (Lipinski definition) is 1. The summed E-state index contributed by atoms with van der Waals surface area (Å²) in [4.78, 5) is 11.4. The number of aliphatic hydroxyl groups is 1. The number of hydrogen-bond acceptors (Lipinski definition) is 2. The molecule has 12 heavy (non-hydrogen) atoms. The Bertz CT molecular complexity index is 171. The Morgan fingerprint density at radius 1 is 1.33 bits per heavy atom. The summed E-state index contributed by atoms with van der Waals surface area (Å²) in [5, 5.41) is 9.30. The SMILES string of the molecule is CC=CC(O)C(=O)C(C)C(C)C. The van der Waals surface area contributed by atoms with Gasteiger partial charge in [-0.05, 0) is 12.8 Å². The van der Waals surface area contributed by atoms with E-state index in [1.807, 2.05) is 20.8 Å². The minimum Gasteiger partial charge on any atom is -0.381 e. The van der Waals surface area contributed by atoms with Crippen LogP contribution >= 0.6 is 0 Å². The molecule has 0 saturated carbocycles. The molecule has 0 aromatic rings. The van der Waals surface area contributed by atoms with Crippen LogP contribution in [0, 0.1) is 11.8 Å². The van der Waals surface area contributed by atoms with Crippen LogP contribution in [0.5, 0.6) is 0 Å². The van der Waals surface area contributed by atoms with Crippen molar-refractivity contribution in [2.75, 3.05) is 0 Å². The highest BCUT2D eigenvalue weighted by Gasteiger charge is 2.21. The van der Waals surface area contributed by atoms with Gasteiger partial charge in [0.2, 0.25) is 0 Å². The van der Waals surface area contributed by atoms with Crippen molar-refractivity contribution in [1.29, 1.82) is 0 Å². The van der Waals surface area contributed by atoms with Crippen LogP contribution in [0.1, 0.15) is 27.7 Å². The molecule has 0 aliphatic heterocycles. The molecule has 0 aromatic heterocycles. The van der Waals surface area contributed by atoms with Gasteiger partial charge in [-0.25, -0.2) is 0 Å². The molecule has 0 spiro atoms. The van der Waals surface area contributed by atoms with Crippen molar-refractivity contribution < 1.29 is 9.90 Å². The fourth-order valence-electron chi connectivity index (χ4n) is 0.875. The van der Waals surface area contributed by atoms with Gasteiger partial charge < -0.3 is 5.11 Å². The molecule has 2 unspecified atom stereocenters. The first-order valence-electron chi connectivity index (χ1n) is 4.35. The third-order valence-electron chi connectivity index (χ3n) is 2.12. The molecule has 0 aliphatic carbocycles. The van der Waals surface area contributed by atoms with Crippen LogP contribution in [0.2, 0.25) is 0 Å². The molecular weight excluding hydrogens is 152 g/mol. The Balaban J connectivity index is 4.19. The minimum atomic E-state index is -0.924. The summed E-state index contributed by atoms with van der Waals surface area (Å²) in [5.41, 5.74) is 0. The quantitative estimate of drug-likeness (QED) is 0.653.